The minimum Gasteiger partial charge on any atom is -0.337 e. The van der Waals surface area contributed by atoms with Gasteiger partial charge in [-0.15, -0.1) is 0 Å². The van der Waals surface area contributed by atoms with E-state index in [9.17, 15) is 0 Å². The molecule has 2 nitrogen and oxygen atoms in total. The second kappa shape index (κ2) is 9.07. The molecule has 1 aromatic heterocycles. The number of imidazole rings is 1. The van der Waals surface area contributed by atoms with E-state index in [1.807, 2.05) is 43.0 Å². The maximum absolute atomic E-state index is 6.37. The van der Waals surface area contributed by atoms with Gasteiger partial charge in [0.05, 0.1) is 6.33 Å². The number of benzene rings is 2. The molecular weight excluding hydrogens is 351 g/mol. The molecule has 0 aliphatic carbocycles. The molecule has 0 saturated carbocycles. The van der Waals surface area contributed by atoms with Gasteiger partial charge in [0, 0.05) is 29.0 Å². The first-order valence-electron chi connectivity index (χ1n) is 8.64. The van der Waals surface area contributed by atoms with E-state index in [-0.39, 0.29) is 0 Å². The van der Waals surface area contributed by atoms with Crippen LogP contribution in [0.4, 0.5) is 0 Å². The number of aromatic nitrogens is 2. The van der Waals surface area contributed by atoms with E-state index in [4.69, 9.17) is 23.2 Å². The number of rotatable bonds is 8. The fourth-order valence-corrected chi connectivity index (χ4v) is 3.43. The highest BCUT2D eigenvalue weighted by molar-refractivity contribution is 6.31. The first kappa shape index (κ1) is 18.0. The van der Waals surface area contributed by atoms with Gasteiger partial charge in [0.15, 0.2) is 0 Å². The van der Waals surface area contributed by atoms with E-state index >= 15 is 0 Å². The number of hydrogen-bond donors (Lipinski definition) is 0. The normalized spacial score (nSPS) is 12.2. The van der Waals surface area contributed by atoms with Crippen molar-refractivity contribution < 1.29 is 0 Å². The highest BCUT2D eigenvalue weighted by Gasteiger charge is 2.12. The van der Waals surface area contributed by atoms with Gasteiger partial charge in [0.1, 0.15) is 0 Å². The predicted octanol–water partition coefficient (Wildman–Crippen LogP) is 6.07. The fraction of sp³-hybridized carbons (Fsp3) is 0.286. The van der Waals surface area contributed by atoms with Crippen LogP contribution in [0, 0.1) is 5.92 Å². The Bertz CT molecular complexity index is 767. The molecule has 1 unspecified atom stereocenters. The average molecular weight is 373 g/mol. The molecule has 0 spiro atoms. The maximum Gasteiger partial charge on any atom is 0.0945 e. The van der Waals surface area contributed by atoms with Crippen LogP contribution in [0.25, 0.3) is 0 Å². The second-order valence-electron chi connectivity index (χ2n) is 6.42. The summed E-state index contributed by atoms with van der Waals surface area (Å²) >= 11 is 12.4. The summed E-state index contributed by atoms with van der Waals surface area (Å²) in [6, 6.07) is 16.3. The minimum atomic E-state index is 0.568. The molecule has 1 heterocycles. The number of nitrogens with zero attached hydrogens (tertiary/aromatic N) is 2. The Balaban J connectivity index is 1.64. The zero-order chi connectivity index (χ0) is 17.5. The Hall–Kier alpha value is -1.77. The largest absolute Gasteiger partial charge is 0.337 e. The topological polar surface area (TPSA) is 17.8 Å². The zero-order valence-electron chi connectivity index (χ0n) is 14.1. The van der Waals surface area contributed by atoms with Crippen molar-refractivity contribution >= 4 is 23.2 Å². The molecule has 25 heavy (non-hydrogen) atoms. The monoisotopic (exact) mass is 372 g/mol. The summed E-state index contributed by atoms with van der Waals surface area (Å²) in [7, 11) is 0. The quantitative estimate of drug-likeness (QED) is 0.468. The van der Waals surface area contributed by atoms with Gasteiger partial charge < -0.3 is 4.57 Å². The zero-order valence-corrected chi connectivity index (χ0v) is 15.6. The van der Waals surface area contributed by atoms with E-state index in [0.717, 1.165) is 42.3 Å². The van der Waals surface area contributed by atoms with Crippen molar-refractivity contribution in [2.24, 2.45) is 5.92 Å². The Morgan fingerprint density at radius 1 is 0.960 bits per heavy atom. The van der Waals surface area contributed by atoms with Crippen LogP contribution in [0.3, 0.4) is 0 Å². The molecule has 0 N–H and O–H groups in total. The molecule has 0 fully saturated rings. The average Bonchev–Trinajstić information content (AvgIpc) is 3.14. The van der Waals surface area contributed by atoms with Crippen molar-refractivity contribution in [2.45, 2.75) is 32.2 Å². The van der Waals surface area contributed by atoms with E-state index in [1.165, 1.54) is 11.1 Å². The first-order valence-corrected chi connectivity index (χ1v) is 9.40. The predicted molar refractivity (Wildman–Crippen MR) is 105 cm³/mol. The highest BCUT2D eigenvalue weighted by Crippen LogP contribution is 2.24. The van der Waals surface area contributed by atoms with Crippen LogP contribution in [0.2, 0.25) is 10.0 Å². The lowest BCUT2D eigenvalue weighted by molar-refractivity contribution is 0.416. The van der Waals surface area contributed by atoms with Gasteiger partial charge in [-0.25, -0.2) is 4.98 Å². The van der Waals surface area contributed by atoms with Crippen LogP contribution in [-0.4, -0.2) is 9.55 Å². The lowest BCUT2D eigenvalue weighted by atomic mass is 9.90. The molecule has 0 bridgehead atoms. The van der Waals surface area contributed by atoms with Crippen LogP contribution < -0.4 is 0 Å². The van der Waals surface area contributed by atoms with Crippen LogP contribution in [0.15, 0.2) is 67.3 Å². The van der Waals surface area contributed by atoms with Gasteiger partial charge >= 0.3 is 0 Å². The summed E-state index contributed by atoms with van der Waals surface area (Å²) in [6.45, 7) is 0.982. The lowest BCUT2D eigenvalue weighted by Crippen LogP contribution is -2.10. The molecule has 0 aliphatic rings. The fourth-order valence-electron chi connectivity index (χ4n) is 3.10. The summed E-state index contributed by atoms with van der Waals surface area (Å²) < 4.78 is 2.14. The van der Waals surface area contributed by atoms with Crippen LogP contribution >= 0.6 is 23.2 Å². The number of halogens is 2. The minimum absolute atomic E-state index is 0.568. The third-order valence-corrected chi connectivity index (χ3v) is 5.20. The van der Waals surface area contributed by atoms with Gasteiger partial charge in [-0.1, -0.05) is 53.5 Å². The van der Waals surface area contributed by atoms with Gasteiger partial charge in [-0.2, -0.15) is 0 Å². The Morgan fingerprint density at radius 3 is 2.48 bits per heavy atom. The van der Waals surface area contributed by atoms with E-state index in [2.05, 4.69) is 33.8 Å². The Morgan fingerprint density at radius 2 is 1.76 bits per heavy atom. The molecule has 1 atom stereocenters. The second-order valence-corrected chi connectivity index (χ2v) is 7.26. The molecule has 3 rings (SSSR count). The molecule has 0 saturated heterocycles. The summed E-state index contributed by atoms with van der Waals surface area (Å²) in [4.78, 5) is 4.13. The number of hydrogen-bond acceptors (Lipinski definition) is 1. The summed E-state index contributed by atoms with van der Waals surface area (Å²) in [5.41, 5.74) is 2.56. The highest BCUT2D eigenvalue weighted by atomic mass is 35.5. The van der Waals surface area contributed by atoms with E-state index < -0.39 is 0 Å². The maximum atomic E-state index is 6.37. The molecule has 0 radical (unpaired) electrons. The standard InChI is InChI=1S/C21H22Cl2N2/c22-20-9-7-17(8-10-20)5-6-18(11-13-25-14-12-24-16-25)15-19-3-1-2-4-21(19)23/h1-4,7-10,12,14,16,18H,5-6,11,13,15H2. The van der Waals surface area contributed by atoms with Crippen LogP contribution in [-0.2, 0) is 19.4 Å². The smallest absolute Gasteiger partial charge is 0.0945 e. The van der Waals surface area contributed by atoms with Crippen molar-refractivity contribution in [1.82, 2.24) is 9.55 Å². The molecular formula is C21H22Cl2N2. The first-order chi connectivity index (χ1) is 12.2. The molecule has 2 aromatic carbocycles. The van der Waals surface area contributed by atoms with Gasteiger partial charge in [0.25, 0.3) is 0 Å². The molecule has 0 aliphatic heterocycles. The SMILES string of the molecule is Clc1ccc(CCC(CCn2ccnc2)Cc2ccccc2Cl)cc1. The third-order valence-electron chi connectivity index (χ3n) is 4.58. The van der Waals surface area contributed by atoms with Gasteiger partial charge in [0.2, 0.25) is 0 Å². The van der Waals surface area contributed by atoms with E-state index in [0.29, 0.717) is 5.92 Å². The third kappa shape index (κ3) is 5.62. The number of aryl methyl sites for hydroxylation is 2. The summed E-state index contributed by atoms with van der Waals surface area (Å²) in [6.07, 6.45) is 10.0. The van der Waals surface area contributed by atoms with Crippen molar-refractivity contribution in [3.05, 3.63) is 88.4 Å². The van der Waals surface area contributed by atoms with E-state index in [1.54, 1.807) is 0 Å². The Kier molecular flexibility index (Phi) is 6.55. The molecule has 3 aromatic rings. The molecule has 130 valence electrons. The van der Waals surface area contributed by atoms with Crippen LogP contribution in [0.5, 0.6) is 0 Å². The van der Waals surface area contributed by atoms with Crippen molar-refractivity contribution in [3.8, 4) is 0 Å². The summed E-state index contributed by atoms with van der Waals surface area (Å²) in [5, 5.41) is 1.65. The van der Waals surface area contributed by atoms with Crippen molar-refractivity contribution in [3.63, 3.8) is 0 Å². The van der Waals surface area contributed by atoms with Gasteiger partial charge in [-0.05, 0) is 60.9 Å². The Labute approximate surface area is 159 Å². The lowest BCUT2D eigenvalue weighted by Gasteiger charge is -2.18. The van der Waals surface area contributed by atoms with Gasteiger partial charge in [-0.3, -0.25) is 0 Å². The van der Waals surface area contributed by atoms with Crippen molar-refractivity contribution in [1.29, 1.82) is 0 Å². The molecule has 0 amide bonds. The summed E-state index contributed by atoms with van der Waals surface area (Å²) in [5.74, 6) is 0.568. The molecule has 4 heteroatoms. The van der Waals surface area contributed by atoms with Crippen molar-refractivity contribution in [2.75, 3.05) is 0 Å². The van der Waals surface area contributed by atoms with Crippen LogP contribution in [0.1, 0.15) is 24.0 Å².